The minimum absolute atomic E-state index is 0.117. The summed E-state index contributed by atoms with van der Waals surface area (Å²) < 4.78 is 0. The van der Waals surface area contributed by atoms with Gasteiger partial charge in [-0.1, -0.05) is 11.6 Å². The second kappa shape index (κ2) is 5.59. The van der Waals surface area contributed by atoms with Gasteiger partial charge < -0.3 is 15.4 Å². The number of nitrogens with zero attached hydrogens (tertiary/aromatic N) is 2. The number of nitro groups is 1. The largest absolute Gasteiger partial charge is 0.477 e. The topological polar surface area (TPSA) is 138 Å². The van der Waals surface area contributed by atoms with Crippen molar-refractivity contribution in [2.75, 3.05) is 5.32 Å². The number of carbonyl (C=O) groups is 2. The zero-order chi connectivity index (χ0) is 15.6. The maximum absolute atomic E-state index is 11.9. The number of H-pyrrole nitrogens is 1. The average molecular weight is 311 g/mol. The van der Waals surface area contributed by atoms with Crippen molar-refractivity contribution in [3.05, 3.63) is 51.1 Å². The van der Waals surface area contributed by atoms with Crippen LogP contribution in [0.15, 0.2) is 24.5 Å². The molecule has 2 rings (SSSR count). The lowest BCUT2D eigenvalue weighted by Crippen LogP contribution is -2.17. The van der Waals surface area contributed by atoms with Gasteiger partial charge in [-0.2, -0.15) is 0 Å². The van der Waals surface area contributed by atoms with Crippen molar-refractivity contribution in [1.29, 1.82) is 0 Å². The first-order valence-electron chi connectivity index (χ1n) is 5.42. The number of carbonyl (C=O) groups excluding carboxylic acids is 1. The number of imidazole rings is 1. The van der Waals surface area contributed by atoms with Crippen LogP contribution in [0.1, 0.15) is 21.0 Å². The first-order valence-corrected chi connectivity index (χ1v) is 5.80. The monoisotopic (exact) mass is 310 g/mol. The highest BCUT2D eigenvalue weighted by atomic mass is 35.5. The number of rotatable bonds is 4. The smallest absolute Gasteiger partial charge is 0.354 e. The molecular weight excluding hydrogens is 304 g/mol. The van der Waals surface area contributed by atoms with E-state index in [9.17, 15) is 19.7 Å². The van der Waals surface area contributed by atoms with Crippen molar-refractivity contribution in [2.24, 2.45) is 0 Å². The van der Waals surface area contributed by atoms with E-state index in [1.165, 1.54) is 12.1 Å². The van der Waals surface area contributed by atoms with Gasteiger partial charge in [-0.3, -0.25) is 14.9 Å². The van der Waals surface area contributed by atoms with Crippen LogP contribution < -0.4 is 5.32 Å². The van der Waals surface area contributed by atoms with Gasteiger partial charge in [-0.05, 0) is 12.1 Å². The minimum atomic E-state index is -1.37. The fourth-order valence-electron chi connectivity index (χ4n) is 1.57. The van der Waals surface area contributed by atoms with Crippen LogP contribution in [0.4, 0.5) is 11.4 Å². The summed E-state index contributed by atoms with van der Waals surface area (Å²) in [6.07, 6.45) is 1.04. The van der Waals surface area contributed by atoms with Crippen molar-refractivity contribution >= 4 is 34.9 Å². The number of aromatic nitrogens is 2. The number of nitro benzene ring substituents is 1. The third-order valence-electron chi connectivity index (χ3n) is 2.47. The summed E-state index contributed by atoms with van der Waals surface area (Å²) in [5.41, 5.74) is -1.33. The summed E-state index contributed by atoms with van der Waals surface area (Å²) in [4.78, 5) is 38.9. The Morgan fingerprint density at radius 3 is 2.76 bits per heavy atom. The van der Waals surface area contributed by atoms with E-state index >= 15 is 0 Å². The standard InChI is InChI=1S/C11H7ClN4O5/c12-5-1-2-6(7(3-5)16(20)21)15-10(17)8-9(11(18)19)14-4-13-8/h1-4H,(H,13,14)(H,15,17)(H,18,19). The molecule has 2 aromatic rings. The van der Waals surface area contributed by atoms with Gasteiger partial charge in [0, 0.05) is 11.1 Å². The molecule has 21 heavy (non-hydrogen) atoms. The van der Waals surface area contributed by atoms with E-state index in [-0.39, 0.29) is 16.4 Å². The van der Waals surface area contributed by atoms with Crippen LogP contribution in [-0.2, 0) is 0 Å². The van der Waals surface area contributed by atoms with Gasteiger partial charge in [-0.25, -0.2) is 9.78 Å². The molecule has 1 aromatic carbocycles. The highest BCUT2D eigenvalue weighted by Crippen LogP contribution is 2.28. The van der Waals surface area contributed by atoms with Crippen molar-refractivity contribution < 1.29 is 19.6 Å². The Morgan fingerprint density at radius 1 is 1.43 bits per heavy atom. The van der Waals surface area contributed by atoms with Crippen LogP contribution in [-0.4, -0.2) is 31.9 Å². The molecule has 0 aliphatic heterocycles. The molecule has 0 fully saturated rings. The Hall–Kier alpha value is -2.94. The molecule has 3 N–H and O–H groups in total. The number of carboxylic acid groups (broad SMARTS) is 1. The molecule has 0 saturated heterocycles. The Bertz CT molecular complexity index is 742. The van der Waals surface area contributed by atoms with Crippen LogP contribution in [0.25, 0.3) is 0 Å². The Balaban J connectivity index is 2.34. The molecule has 0 bridgehead atoms. The Kier molecular flexibility index (Phi) is 3.85. The third-order valence-corrected chi connectivity index (χ3v) is 2.71. The highest BCUT2D eigenvalue weighted by molar-refractivity contribution is 6.31. The Morgan fingerprint density at radius 2 is 2.14 bits per heavy atom. The molecule has 1 heterocycles. The molecular formula is C11H7ClN4O5. The molecule has 0 aliphatic rings. The summed E-state index contributed by atoms with van der Waals surface area (Å²) in [5.74, 6) is -2.26. The molecule has 0 atom stereocenters. The quantitative estimate of drug-likeness (QED) is 0.582. The van der Waals surface area contributed by atoms with E-state index in [1.807, 2.05) is 0 Å². The lowest BCUT2D eigenvalue weighted by Gasteiger charge is -2.05. The predicted molar refractivity (Wildman–Crippen MR) is 71.6 cm³/mol. The molecule has 1 aromatic heterocycles. The van der Waals surface area contributed by atoms with Gasteiger partial charge in [0.25, 0.3) is 11.6 Å². The number of aromatic carboxylic acids is 1. The van der Waals surface area contributed by atoms with Gasteiger partial charge >= 0.3 is 5.97 Å². The maximum Gasteiger partial charge on any atom is 0.354 e. The summed E-state index contributed by atoms with van der Waals surface area (Å²) in [7, 11) is 0. The fourth-order valence-corrected chi connectivity index (χ4v) is 1.74. The number of hydrogen-bond acceptors (Lipinski definition) is 5. The third kappa shape index (κ3) is 2.98. The van der Waals surface area contributed by atoms with E-state index in [0.29, 0.717) is 0 Å². The van der Waals surface area contributed by atoms with Crippen LogP contribution in [0.3, 0.4) is 0 Å². The maximum atomic E-state index is 11.9. The number of amides is 1. The van der Waals surface area contributed by atoms with Crippen LogP contribution >= 0.6 is 11.6 Å². The first kappa shape index (κ1) is 14.5. The SMILES string of the molecule is O=C(Nc1ccc(Cl)cc1[N+](=O)[O-])c1nc[nH]c1C(=O)O. The second-order valence-corrected chi connectivity index (χ2v) is 4.24. The number of carboxylic acids is 1. The van der Waals surface area contributed by atoms with Gasteiger partial charge in [-0.15, -0.1) is 0 Å². The zero-order valence-electron chi connectivity index (χ0n) is 10.2. The number of hydrogen-bond donors (Lipinski definition) is 3. The highest BCUT2D eigenvalue weighted by Gasteiger charge is 2.22. The molecule has 10 heteroatoms. The molecule has 0 unspecified atom stereocenters. The van der Waals surface area contributed by atoms with E-state index in [4.69, 9.17) is 16.7 Å². The van der Waals surface area contributed by atoms with E-state index in [1.54, 1.807) is 0 Å². The van der Waals surface area contributed by atoms with Crippen LogP contribution in [0.2, 0.25) is 5.02 Å². The van der Waals surface area contributed by atoms with Crippen LogP contribution in [0.5, 0.6) is 0 Å². The van der Waals surface area contributed by atoms with Gasteiger partial charge in [0.2, 0.25) is 0 Å². The number of aromatic amines is 1. The lowest BCUT2D eigenvalue weighted by atomic mass is 10.2. The van der Waals surface area contributed by atoms with E-state index in [0.717, 1.165) is 12.4 Å². The second-order valence-electron chi connectivity index (χ2n) is 3.80. The molecule has 9 nitrogen and oxygen atoms in total. The molecule has 0 spiro atoms. The summed E-state index contributed by atoms with van der Waals surface area (Å²) in [6, 6.07) is 3.66. The van der Waals surface area contributed by atoms with Crippen molar-refractivity contribution in [3.63, 3.8) is 0 Å². The number of nitrogens with one attached hydrogen (secondary N) is 2. The van der Waals surface area contributed by atoms with Crippen molar-refractivity contribution in [3.8, 4) is 0 Å². The Labute approximate surface area is 121 Å². The number of benzene rings is 1. The molecule has 1 amide bonds. The van der Waals surface area contributed by atoms with Crippen molar-refractivity contribution in [1.82, 2.24) is 9.97 Å². The summed E-state index contributed by atoms with van der Waals surface area (Å²) in [6.45, 7) is 0. The summed E-state index contributed by atoms with van der Waals surface area (Å²) >= 11 is 5.65. The van der Waals surface area contributed by atoms with Crippen molar-refractivity contribution in [2.45, 2.75) is 0 Å². The molecule has 0 radical (unpaired) electrons. The molecule has 0 aliphatic carbocycles. The van der Waals surface area contributed by atoms with Gasteiger partial charge in [0.05, 0.1) is 11.3 Å². The molecule has 108 valence electrons. The van der Waals surface area contributed by atoms with Gasteiger partial charge in [0.1, 0.15) is 5.69 Å². The first-order chi connectivity index (χ1) is 9.90. The van der Waals surface area contributed by atoms with E-state index in [2.05, 4.69) is 15.3 Å². The minimum Gasteiger partial charge on any atom is -0.477 e. The lowest BCUT2D eigenvalue weighted by molar-refractivity contribution is -0.383. The normalized spacial score (nSPS) is 10.1. The average Bonchev–Trinajstić information content (AvgIpc) is 2.90. The number of anilines is 1. The van der Waals surface area contributed by atoms with Gasteiger partial charge in [0.15, 0.2) is 11.4 Å². The summed E-state index contributed by atoms with van der Waals surface area (Å²) in [5, 5.41) is 22.1. The van der Waals surface area contributed by atoms with E-state index < -0.39 is 28.2 Å². The molecule has 0 saturated carbocycles. The fraction of sp³-hybridized carbons (Fsp3) is 0. The number of halogens is 1. The predicted octanol–water partition coefficient (Wildman–Crippen LogP) is 1.92. The van der Waals surface area contributed by atoms with Crippen LogP contribution in [0, 0.1) is 10.1 Å². The zero-order valence-corrected chi connectivity index (χ0v) is 10.9.